The van der Waals surface area contributed by atoms with Gasteiger partial charge in [-0.15, -0.1) is 0 Å². The molecular formula is C19H23N3O2. The average molecular weight is 325 g/mol. The standard InChI is InChI=1S/C19H23N3O2/c20-12-17(14-6-7-14)22-18(23)9-10-21-19(24)16-8-5-13-3-1-2-4-15(13)11-16/h1-5,8,11,14,17H,6-7,9-10,12,20H2,(H,21,24)(H,22,23). The van der Waals surface area contributed by atoms with E-state index >= 15 is 0 Å². The van der Waals surface area contributed by atoms with Gasteiger partial charge in [0.15, 0.2) is 0 Å². The molecule has 1 unspecified atom stereocenters. The van der Waals surface area contributed by atoms with Gasteiger partial charge in [0.1, 0.15) is 0 Å². The van der Waals surface area contributed by atoms with Crippen LogP contribution in [0, 0.1) is 5.92 Å². The van der Waals surface area contributed by atoms with Gasteiger partial charge in [0.2, 0.25) is 5.91 Å². The lowest BCUT2D eigenvalue weighted by molar-refractivity contribution is -0.121. The first kappa shape index (κ1) is 16.5. The topological polar surface area (TPSA) is 84.2 Å². The van der Waals surface area contributed by atoms with Crippen molar-refractivity contribution in [3.8, 4) is 0 Å². The molecule has 1 saturated carbocycles. The van der Waals surface area contributed by atoms with Crippen LogP contribution in [0.25, 0.3) is 10.8 Å². The van der Waals surface area contributed by atoms with E-state index in [9.17, 15) is 9.59 Å². The van der Waals surface area contributed by atoms with Crippen LogP contribution >= 0.6 is 0 Å². The SMILES string of the molecule is NCC(NC(=O)CCNC(=O)c1ccc2ccccc2c1)C1CC1. The molecule has 0 spiro atoms. The van der Waals surface area contributed by atoms with E-state index in [1.165, 1.54) is 0 Å². The van der Waals surface area contributed by atoms with Gasteiger partial charge < -0.3 is 16.4 Å². The fraction of sp³-hybridized carbons (Fsp3) is 0.368. The zero-order valence-electron chi connectivity index (χ0n) is 13.6. The molecule has 1 aliphatic carbocycles. The Morgan fingerprint density at radius 3 is 2.58 bits per heavy atom. The Morgan fingerprint density at radius 1 is 1.12 bits per heavy atom. The second-order valence-corrected chi connectivity index (χ2v) is 6.31. The van der Waals surface area contributed by atoms with E-state index in [4.69, 9.17) is 5.73 Å². The van der Waals surface area contributed by atoms with Crippen molar-refractivity contribution in [3.63, 3.8) is 0 Å². The second kappa shape index (κ2) is 7.45. The number of carbonyl (C=O) groups is 2. The van der Waals surface area contributed by atoms with E-state index in [1.807, 2.05) is 36.4 Å². The largest absolute Gasteiger partial charge is 0.352 e. The molecule has 24 heavy (non-hydrogen) atoms. The molecule has 1 aliphatic rings. The number of benzene rings is 2. The molecule has 1 fully saturated rings. The lowest BCUT2D eigenvalue weighted by atomic mass is 10.1. The lowest BCUT2D eigenvalue weighted by Crippen LogP contribution is -2.42. The summed E-state index contributed by atoms with van der Waals surface area (Å²) in [6, 6.07) is 13.6. The van der Waals surface area contributed by atoms with Gasteiger partial charge in [-0.2, -0.15) is 0 Å². The first-order chi connectivity index (χ1) is 11.7. The highest BCUT2D eigenvalue weighted by molar-refractivity contribution is 5.98. The van der Waals surface area contributed by atoms with Gasteiger partial charge >= 0.3 is 0 Å². The van der Waals surface area contributed by atoms with Gasteiger partial charge in [0.25, 0.3) is 5.91 Å². The molecule has 0 bridgehead atoms. The van der Waals surface area contributed by atoms with Gasteiger partial charge in [-0.25, -0.2) is 0 Å². The van der Waals surface area contributed by atoms with Crippen LogP contribution in [0.4, 0.5) is 0 Å². The minimum atomic E-state index is -0.161. The van der Waals surface area contributed by atoms with Crippen LogP contribution < -0.4 is 16.4 Å². The quantitative estimate of drug-likeness (QED) is 0.726. The monoisotopic (exact) mass is 325 g/mol. The predicted molar refractivity (Wildman–Crippen MR) is 94.6 cm³/mol. The highest BCUT2D eigenvalue weighted by Gasteiger charge is 2.31. The van der Waals surface area contributed by atoms with Crippen molar-refractivity contribution in [2.24, 2.45) is 11.7 Å². The van der Waals surface area contributed by atoms with E-state index in [-0.39, 0.29) is 24.3 Å². The third-order valence-corrected chi connectivity index (χ3v) is 4.44. The first-order valence-corrected chi connectivity index (χ1v) is 8.44. The predicted octanol–water partition coefficient (Wildman–Crippen LogP) is 1.81. The molecule has 0 saturated heterocycles. The highest BCUT2D eigenvalue weighted by atomic mass is 16.2. The van der Waals surface area contributed by atoms with Crippen molar-refractivity contribution >= 4 is 22.6 Å². The van der Waals surface area contributed by atoms with Crippen molar-refractivity contribution in [1.82, 2.24) is 10.6 Å². The number of fused-ring (bicyclic) bond motifs is 1. The Labute approximate surface area is 141 Å². The number of amides is 2. The molecule has 2 aromatic carbocycles. The Hall–Kier alpha value is -2.40. The maximum atomic E-state index is 12.2. The fourth-order valence-corrected chi connectivity index (χ4v) is 2.87. The minimum Gasteiger partial charge on any atom is -0.352 e. The summed E-state index contributed by atoms with van der Waals surface area (Å²) in [6.45, 7) is 0.791. The smallest absolute Gasteiger partial charge is 0.251 e. The Bertz CT molecular complexity index is 740. The van der Waals surface area contributed by atoms with Crippen molar-refractivity contribution in [3.05, 3.63) is 48.0 Å². The summed E-state index contributed by atoms with van der Waals surface area (Å²) >= 11 is 0. The fourth-order valence-electron chi connectivity index (χ4n) is 2.87. The van der Waals surface area contributed by atoms with E-state index in [0.717, 1.165) is 23.6 Å². The van der Waals surface area contributed by atoms with Crippen LogP contribution in [-0.4, -0.2) is 30.9 Å². The van der Waals surface area contributed by atoms with E-state index in [1.54, 1.807) is 6.07 Å². The molecule has 0 radical (unpaired) electrons. The molecular weight excluding hydrogens is 302 g/mol. The van der Waals surface area contributed by atoms with Gasteiger partial charge in [-0.3, -0.25) is 9.59 Å². The van der Waals surface area contributed by atoms with Crippen molar-refractivity contribution in [1.29, 1.82) is 0 Å². The summed E-state index contributed by atoms with van der Waals surface area (Å²) in [5, 5.41) is 7.88. The van der Waals surface area contributed by atoms with E-state index < -0.39 is 0 Å². The number of hydrogen-bond acceptors (Lipinski definition) is 3. The van der Waals surface area contributed by atoms with Crippen LogP contribution in [0.1, 0.15) is 29.6 Å². The molecule has 2 aromatic rings. The Morgan fingerprint density at radius 2 is 1.88 bits per heavy atom. The molecule has 0 heterocycles. The minimum absolute atomic E-state index is 0.0591. The molecule has 1 atom stereocenters. The Balaban J connectivity index is 1.48. The van der Waals surface area contributed by atoms with Gasteiger partial charge in [0.05, 0.1) is 0 Å². The summed E-state index contributed by atoms with van der Waals surface area (Å²) in [7, 11) is 0. The first-order valence-electron chi connectivity index (χ1n) is 8.44. The average Bonchev–Trinajstić information content (AvgIpc) is 3.44. The summed E-state index contributed by atoms with van der Waals surface area (Å²) < 4.78 is 0. The Kier molecular flexibility index (Phi) is 5.11. The van der Waals surface area contributed by atoms with Crippen LogP contribution in [0.3, 0.4) is 0 Å². The summed E-state index contributed by atoms with van der Waals surface area (Å²) in [5.74, 6) is 0.313. The zero-order chi connectivity index (χ0) is 16.9. The van der Waals surface area contributed by atoms with Crippen molar-refractivity contribution < 1.29 is 9.59 Å². The number of rotatable bonds is 7. The normalized spacial score (nSPS) is 15.0. The maximum absolute atomic E-state index is 12.2. The number of nitrogens with one attached hydrogen (secondary N) is 2. The number of nitrogens with two attached hydrogens (primary N) is 1. The van der Waals surface area contributed by atoms with E-state index in [0.29, 0.717) is 24.6 Å². The number of carbonyl (C=O) groups excluding carboxylic acids is 2. The van der Waals surface area contributed by atoms with Crippen LogP contribution in [0.2, 0.25) is 0 Å². The maximum Gasteiger partial charge on any atom is 0.251 e. The molecule has 3 rings (SSSR count). The van der Waals surface area contributed by atoms with Crippen LogP contribution in [0.5, 0.6) is 0 Å². The molecule has 5 heteroatoms. The molecule has 5 nitrogen and oxygen atoms in total. The third-order valence-electron chi connectivity index (χ3n) is 4.44. The van der Waals surface area contributed by atoms with Crippen LogP contribution in [0.15, 0.2) is 42.5 Å². The second-order valence-electron chi connectivity index (χ2n) is 6.31. The molecule has 126 valence electrons. The number of hydrogen-bond donors (Lipinski definition) is 3. The van der Waals surface area contributed by atoms with Crippen molar-refractivity contribution in [2.75, 3.05) is 13.1 Å². The van der Waals surface area contributed by atoms with Gasteiger partial charge in [-0.1, -0.05) is 30.3 Å². The summed E-state index contributed by atoms with van der Waals surface area (Å²) in [6.07, 6.45) is 2.55. The summed E-state index contributed by atoms with van der Waals surface area (Å²) in [5.41, 5.74) is 6.28. The van der Waals surface area contributed by atoms with Gasteiger partial charge in [0, 0.05) is 31.1 Å². The summed E-state index contributed by atoms with van der Waals surface area (Å²) in [4.78, 5) is 24.1. The van der Waals surface area contributed by atoms with Crippen molar-refractivity contribution in [2.45, 2.75) is 25.3 Å². The molecule has 0 aromatic heterocycles. The van der Waals surface area contributed by atoms with Gasteiger partial charge in [-0.05, 0) is 41.7 Å². The van der Waals surface area contributed by atoms with Crippen LogP contribution in [-0.2, 0) is 4.79 Å². The highest BCUT2D eigenvalue weighted by Crippen LogP contribution is 2.32. The molecule has 4 N–H and O–H groups in total. The molecule has 0 aliphatic heterocycles. The van der Waals surface area contributed by atoms with E-state index in [2.05, 4.69) is 10.6 Å². The lowest BCUT2D eigenvalue weighted by Gasteiger charge is -2.16. The third kappa shape index (κ3) is 4.11. The zero-order valence-corrected chi connectivity index (χ0v) is 13.6. The molecule has 2 amide bonds.